The lowest BCUT2D eigenvalue weighted by Crippen LogP contribution is -2.39. The Morgan fingerprint density at radius 1 is 1.38 bits per heavy atom. The summed E-state index contributed by atoms with van der Waals surface area (Å²) in [5.41, 5.74) is 0. The van der Waals surface area contributed by atoms with Crippen molar-refractivity contribution < 1.29 is 8.42 Å². The van der Waals surface area contributed by atoms with E-state index in [4.69, 9.17) is 5.26 Å². The average molecular weight is 203 g/mol. The molecule has 0 amide bonds. The smallest absolute Gasteiger partial charge is 0.201 e. The van der Waals surface area contributed by atoms with E-state index in [-0.39, 0.29) is 13.0 Å². The van der Waals surface area contributed by atoms with Crippen molar-refractivity contribution in [2.24, 2.45) is 0 Å². The number of nitrogens with one attached hydrogen (secondary N) is 1. The largest absolute Gasteiger partial charge is 0.279 e. The van der Waals surface area contributed by atoms with Crippen LogP contribution in [0.3, 0.4) is 0 Å². The summed E-state index contributed by atoms with van der Waals surface area (Å²) in [6.07, 6.45) is 2.07. The lowest BCUT2D eigenvalue weighted by molar-refractivity contribution is 0.465. The number of nitrogens with zero attached hydrogens (tertiary/aromatic N) is 2. The number of hydrogen-bond donors (Lipinski definition) is 1. The summed E-state index contributed by atoms with van der Waals surface area (Å²) in [4.78, 5) is 0. The topological polar surface area (TPSA) is 73.2 Å². The second kappa shape index (κ2) is 4.56. The summed E-state index contributed by atoms with van der Waals surface area (Å²) >= 11 is 0. The Labute approximate surface area is 78.5 Å². The van der Waals surface area contributed by atoms with E-state index in [0.717, 1.165) is 12.8 Å². The Kier molecular flexibility index (Phi) is 3.66. The van der Waals surface area contributed by atoms with Crippen molar-refractivity contribution in [3.63, 3.8) is 0 Å². The molecule has 74 valence electrons. The molecule has 1 aliphatic rings. The van der Waals surface area contributed by atoms with Crippen LogP contribution in [0.2, 0.25) is 0 Å². The maximum absolute atomic E-state index is 11.4. The first-order valence-electron chi connectivity index (χ1n) is 4.28. The van der Waals surface area contributed by atoms with E-state index in [9.17, 15) is 8.42 Å². The molecule has 0 saturated carbocycles. The first-order valence-corrected chi connectivity index (χ1v) is 5.72. The second-order valence-corrected chi connectivity index (χ2v) is 4.67. The second-order valence-electron chi connectivity index (χ2n) is 2.91. The minimum Gasteiger partial charge on any atom is -0.201 e. The molecule has 1 heterocycles. The van der Waals surface area contributed by atoms with Gasteiger partial charge in [0.1, 0.15) is 0 Å². The lowest BCUT2D eigenvalue weighted by atomic mass is 10.4. The molecule has 1 N–H and O–H groups in total. The van der Waals surface area contributed by atoms with E-state index in [1.165, 1.54) is 4.31 Å². The normalized spacial score (nSPS) is 18.7. The Hall–Kier alpha value is -0.640. The van der Waals surface area contributed by atoms with E-state index >= 15 is 0 Å². The highest BCUT2D eigenvalue weighted by Gasteiger charge is 2.24. The van der Waals surface area contributed by atoms with Crippen molar-refractivity contribution in [3.8, 4) is 6.07 Å². The molecule has 0 radical (unpaired) electrons. The molecule has 1 fully saturated rings. The van der Waals surface area contributed by atoms with Crippen LogP contribution in [0.25, 0.3) is 0 Å². The summed E-state index contributed by atoms with van der Waals surface area (Å²) in [7, 11) is -3.30. The molecule has 0 aliphatic carbocycles. The van der Waals surface area contributed by atoms with Gasteiger partial charge < -0.3 is 0 Å². The van der Waals surface area contributed by atoms with Gasteiger partial charge in [0.2, 0.25) is 0 Å². The maximum atomic E-state index is 11.4. The summed E-state index contributed by atoms with van der Waals surface area (Å²) in [6.45, 7) is 1.40. The van der Waals surface area contributed by atoms with Gasteiger partial charge in [0, 0.05) is 26.1 Å². The van der Waals surface area contributed by atoms with Crippen LogP contribution >= 0.6 is 0 Å². The first-order chi connectivity index (χ1) is 6.17. The third kappa shape index (κ3) is 2.95. The van der Waals surface area contributed by atoms with Crippen molar-refractivity contribution >= 4 is 10.2 Å². The standard InChI is InChI=1S/C7H13N3O2S/c8-4-3-5-9-13(11,12)10-6-1-2-7-10/h9H,1-3,5-7H2. The zero-order chi connectivity index (χ0) is 9.73. The minimum absolute atomic E-state index is 0.204. The summed E-state index contributed by atoms with van der Waals surface area (Å²) in [5.74, 6) is 0. The highest BCUT2D eigenvalue weighted by molar-refractivity contribution is 7.87. The van der Waals surface area contributed by atoms with Crippen molar-refractivity contribution in [3.05, 3.63) is 0 Å². The minimum atomic E-state index is -3.30. The van der Waals surface area contributed by atoms with Crippen LogP contribution in [0.4, 0.5) is 0 Å². The fourth-order valence-electron chi connectivity index (χ4n) is 1.26. The fraction of sp³-hybridized carbons (Fsp3) is 0.857. The molecule has 13 heavy (non-hydrogen) atoms. The van der Waals surface area contributed by atoms with Gasteiger partial charge in [-0.1, -0.05) is 0 Å². The van der Waals surface area contributed by atoms with Gasteiger partial charge in [0.15, 0.2) is 0 Å². The van der Waals surface area contributed by atoms with Crippen LogP contribution in [0.15, 0.2) is 0 Å². The Balaban J connectivity index is 2.41. The van der Waals surface area contributed by atoms with E-state index in [2.05, 4.69) is 4.72 Å². The van der Waals surface area contributed by atoms with Gasteiger partial charge in [-0.3, -0.25) is 0 Å². The van der Waals surface area contributed by atoms with Crippen LogP contribution in [-0.4, -0.2) is 32.4 Å². The first kappa shape index (κ1) is 10.4. The van der Waals surface area contributed by atoms with E-state index in [1.807, 2.05) is 6.07 Å². The third-order valence-electron chi connectivity index (χ3n) is 1.93. The van der Waals surface area contributed by atoms with Gasteiger partial charge in [-0.05, 0) is 12.8 Å². The lowest BCUT2D eigenvalue weighted by Gasteiger charge is -2.14. The molecule has 1 rings (SSSR count). The number of rotatable bonds is 4. The van der Waals surface area contributed by atoms with Gasteiger partial charge >= 0.3 is 0 Å². The van der Waals surface area contributed by atoms with Crippen molar-refractivity contribution in [2.45, 2.75) is 19.3 Å². The van der Waals surface area contributed by atoms with Crippen LogP contribution in [0.5, 0.6) is 0 Å². The molecular formula is C7H13N3O2S. The maximum Gasteiger partial charge on any atom is 0.279 e. The summed E-state index contributed by atoms with van der Waals surface area (Å²) in [5, 5.41) is 8.23. The van der Waals surface area contributed by atoms with Gasteiger partial charge in [-0.25, -0.2) is 4.72 Å². The highest BCUT2D eigenvalue weighted by Crippen LogP contribution is 2.10. The van der Waals surface area contributed by atoms with E-state index < -0.39 is 10.2 Å². The molecule has 1 aliphatic heterocycles. The van der Waals surface area contributed by atoms with Crippen molar-refractivity contribution in [2.75, 3.05) is 19.6 Å². The Bertz CT molecular complexity index is 287. The summed E-state index contributed by atoms with van der Waals surface area (Å²) in [6, 6.07) is 1.89. The fourth-order valence-corrected chi connectivity index (χ4v) is 2.54. The zero-order valence-corrected chi connectivity index (χ0v) is 8.18. The van der Waals surface area contributed by atoms with Crippen LogP contribution in [0, 0.1) is 11.3 Å². The molecule has 0 bridgehead atoms. The number of nitriles is 1. The van der Waals surface area contributed by atoms with Crippen molar-refractivity contribution in [1.82, 2.24) is 9.03 Å². The molecule has 0 unspecified atom stereocenters. The molecule has 0 atom stereocenters. The van der Waals surface area contributed by atoms with Crippen LogP contribution in [0.1, 0.15) is 19.3 Å². The van der Waals surface area contributed by atoms with Crippen molar-refractivity contribution in [1.29, 1.82) is 5.26 Å². The molecule has 5 nitrogen and oxygen atoms in total. The van der Waals surface area contributed by atoms with Crippen LogP contribution in [-0.2, 0) is 10.2 Å². The molecule has 0 aromatic heterocycles. The molecule has 6 heteroatoms. The van der Waals surface area contributed by atoms with E-state index in [1.54, 1.807) is 0 Å². The van der Waals surface area contributed by atoms with Gasteiger partial charge in [0.05, 0.1) is 6.07 Å². The number of hydrogen-bond acceptors (Lipinski definition) is 3. The molecule has 1 saturated heterocycles. The predicted octanol–water partition coefficient (Wildman–Crippen LogP) is -0.170. The monoisotopic (exact) mass is 203 g/mol. The summed E-state index contributed by atoms with van der Waals surface area (Å²) < 4.78 is 26.6. The average Bonchev–Trinajstić information content (AvgIpc) is 2.56. The molecular weight excluding hydrogens is 190 g/mol. The Morgan fingerprint density at radius 2 is 2.00 bits per heavy atom. The molecule has 0 aromatic carbocycles. The zero-order valence-electron chi connectivity index (χ0n) is 7.36. The molecule has 0 aromatic rings. The van der Waals surface area contributed by atoms with Gasteiger partial charge in [0.25, 0.3) is 10.2 Å². The quantitative estimate of drug-likeness (QED) is 0.645. The Morgan fingerprint density at radius 3 is 2.54 bits per heavy atom. The predicted molar refractivity (Wildman–Crippen MR) is 48.0 cm³/mol. The molecule has 0 spiro atoms. The van der Waals surface area contributed by atoms with E-state index in [0.29, 0.717) is 13.1 Å². The van der Waals surface area contributed by atoms with Gasteiger partial charge in [-0.15, -0.1) is 0 Å². The SMILES string of the molecule is N#CCCNS(=O)(=O)N1CCCC1. The van der Waals surface area contributed by atoms with Crippen LogP contribution < -0.4 is 4.72 Å². The van der Waals surface area contributed by atoms with Gasteiger partial charge in [-0.2, -0.15) is 18.0 Å². The highest BCUT2D eigenvalue weighted by atomic mass is 32.2. The third-order valence-corrected chi connectivity index (χ3v) is 3.54.